The van der Waals surface area contributed by atoms with E-state index in [1.807, 2.05) is 6.92 Å². The number of hydrogen-bond acceptors (Lipinski definition) is 5. The Morgan fingerprint density at radius 3 is 2.39 bits per heavy atom. The van der Waals surface area contributed by atoms with Crippen molar-refractivity contribution in [1.82, 2.24) is 9.80 Å². The normalized spacial score (nSPS) is 28.9. The quantitative estimate of drug-likeness (QED) is 0.746. The Bertz CT molecular complexity index is 422. The second-order valence-electron chi connectivity index (χ2n) is 4.32. The largest absolute Gasteiger partial charge is 0.361 e. The van der Waals surface area contributed by atoms with Gasteiger partial charge in [0.25, 0.3) is 0 Å². The zero-order valence-corrected chi connectivity index (χ0v) is 13.5. The van der Waals surface area contributed by atoms with Crippen molar-refractivity contribution >= 4 is 46.0 Å². The lowest BCUT2D eigenvalue weighted by Gasteiger charge is -2.29. The lowest BCUT2D eigenvalue weighted by Crippen LogP contribution is -2.41. The number of hydrogen-bond donors (Lipinski definition) is 0. The molecule has 1 saturated heterocycles. The number of amides is 1. The van der Waals surface area contributed by atoms with E-state index in [0.717, 1.165) is 10.9 Å². The van der Waals surface area contributed by atoms with Crippen LogP contribution in [0.2, 0.25) is 0 Å². The SMILES string of the molecule is CCN1C(=O)[C@H]([C@H]2SC(C)=C(C)N2CC)SC1=S. The van der Waals surface area contributed by atoms with Gasteiger partial charge in [-0.25, -0.2) is 0 Å². The van der Waals surface area contributed by atoms with Gasteiger partial charge in [0.05, 0.1) is 0 Å². The first kappa shape index (κ1) is 14.2. The van der Waals surface area contributed by atoms with Gasteiger partial charge in [-0.15, -0.1) is 11.8 Å². The van der Waals surface area contributed by atoms with E-state index in [1.54, 1.807) is 28.4 Å². The minimum atomic E-state index is -0.0604. The molecular weight excluding hydrogens is 284 g/mol. The summed E-state index contributed by atoms with van der Waals surface area (Å²) in [6.07, 6.45) is 0. The van der Waals surface area contributed by atoms with E-state index < -0.39 is 0 Å². The third-order valence-corrected chi connectivity index (χ3v) is 6.65. The molecule has 0 aliphatic carbocycles. The van der Waals surface area contributed by atoms with Gasteiger partial charge in [-0.05, 0) is 27.7 Å². The van der Waals surface area contributed by atoms with Crippen LogP contribution < -0.4 is 0 Å². The molecule has 2 rings (SSSR count). The van der Waals surface area contributed by atoms with Crippen LogP contribution in [-0.4, -0.2) is 43.7 Å². The van der Waals surface area contributed by atoms with Crippen molar-refractivity contribution in [3.05, 3.63) is 10.6 Å². The van der Waals surface area contributed by atoms with Crippen LogP contribution in [0.25, 0.3) is 0 Å². The summed E-state index contributed by atoms with van der Waals surface area (Å²) in [5.74, 6) is 0.172. The Kier molecular flexibility index (Phi) is 4.29. The Hall–Kier alpha value is -0.200. The van der Waals surface area contributed by atoms with Gasteiger partial charge in [0.2, 0.25) is 5.91 Å². The Morgan fingerprint density at radius 2 is 1.89 bits per heavy atom. The molecule has 1 fully saturated rings. The highest BCUT2D eigenvalue weighted by molar-refractivity contribution is 8.24. The van der Waals surface area contributed by atoms with Crippen molar-refractivity contribution in [2.24, 2.45) is 0 Å². The van der Waals surface area contributed by atoms with Crippen LogP contribution in [0.4, 0.5) is 0 Å². The van der Waals surface area contributed by atoms with Crippen LogP contribution in [-0.2, 0) is 4.79 Å². The van der Waals surface area contributed by atoms with E-state index in [4.69, 9.17) is 12.2 Å². The van der Waals surface area contributed by atoms with Gasteiger partial charge in [-0.2, -0.15) is 0 Å². The number of nitrogens with zero attached hydrogens (tertiary/aromatic N) is 2. The molecule has 0 bridgehead atoms. The number of thioether (sulfide) groups is 2. The fourth-order valence-electron chi connectivity index (χ4n) is 2.30. The first-order chi connectivity index (χ1) is 8.51. The molecule has 0 aromatic carbocycles. The number of thiocarbonyl (C=S) groups is 1. The minimum Gasteiger partial charge on any atom is -0.361 e. The lowest BCUT2D eigenvalue weighted by molar-refractivity contribution is -0.126. The molecule has 6 heteroatoms. The maximum atomic E-state index is 12.4. The summed E-state index contributed by atoms with van der Waals surface area (Å²) >= 11 is 8.63. The molecule has 0 aromatic rings. The molecule has 3 nitrogen and oxygen atoms in total. The molecule has 0 radical (unpaired) electrons. The summed E-state index contributed by atoms with van der Waals surface area (Å²) < 4.78 is 0.728. The molecule has 2 atom stereocenters. The van der Waals surface area contributed by atoms with Gasteiger partial charge in [0.1, 0.15) is 14.9 Å². The molecule has 0 unspecified atom stereocenters. The van der Waals surface area contributed by atoms with Crippen molar-refractivity contribution < 1.29 is 4.79 Å². The third-order valence-electron chi connectivity index (χ3n) is 3.42. The summed E-state index contributed by atoms with van der Waals surface area (Å²) in [5.41, 5.74) is 1.29. The van der Waals surface area contributed by atoms with Crippen LogP contribution in [0.15, 0.2) is 10.6 Å². The Balaban J connectivity index is 2.20. The van der Waals surface area contributed by atoms with Gasteiger partial charge in [0, 0.05) is 23.7 Å². The number of allylic oxidation sites excluding steroid dienone is 2. The summed E-state index contributed by atoms with van der Waals surface area (Å²) in [7, 11) is 0. The zero-order chi connectivity index (χ0) is 13.4. The first-order valence-electron chi connectivity index (χ1n) is 6.14. The zero-order valence-electron chi connectivity index (χ0n) is 11.1. The summed E-state index contributed by atoms with van der Waals surface area (Å²) in [6.45, 7) is 9.98. The smallest absolute Gasteiger partial charge is 0.244 e. The first-order valence-corrected chi connectivity index (χ1v) is 8.30. The van der Waals surface area contributed by atoms with Gasteiger partial charge >= 0.3 is 0 Å². The van der Waals surface area contributed by atoms with Crippen molar-refractivity contribution in [2.45, 2.75) is 38.3 Å². The van der Waals surface area contributed by atoms with E-state index in [9.17, 15) is 4.79 Å². The van der Waals surface area contributed by atoms with E-state index in [2.05, 4.69) is 25.7 Å². The molecule has 2 heterocycles. The second kappa shape index (κ2) is 5.43. The van der Waals surface area contributed by atoms with Crippen molar-refractivity contribution in [2.75, 3.05) is 13.1 Å². The van der Waals surface area contributed by atoms with Gasteiger partial charge in [-0.1, -0.05) is 24.0 Å². The summed E-state index contributed by atoms with van der Waals surface area (Å²) in [5, 5.41) is 0.136. The van der Waals surface area contributed by atoms with Gasteiger partial charge in [0.15, 0.2) is 0 Å². The average molecular weight is 302 g/mol. The van der Waals surface area contributed by atoms with E-state index >= 15 is 0 Å². The molecule has 18 heavy (non-hydrogen) atoms. The third kappa shape index (κ3) is 2.18. The van der Waals surface area contributed by atoms with Crippen LogP contribution in [0, 0.1) is 0 Å². The van der Waals surface area contributed by atoms with Gasteiger partial charge in [-0.3, -0.25) is 9.69 Å². The fourth-order valence-corrected chi connectivity index (χ4v) is 5.54. The standard InChI is InChI=1S/C12H18N2OS3/c1-5-13-7(3)8(4)17-11(13)9-10(15)14(6-2)12(16)18-9/h9,11H,5-6H2,1-4H3/t9-,11-/m1/s1. The highest BCUT2D eigenvalue weighted by atomic mass is 32.2. The topological polar surface area (TPSA) is 23.6 Å². The predicted octanol–water partition coefficient (Wildman–Crippen LogP) is 2.88. The molecule has 0 N–H and O–H groups in total. The fraction of sp³-hybridized carbons (Fsp3) is 0.667. The van der Waals surface area contributed by atoms with Crippen molar-refractivity contribution in [3.63, 3.8) is 0 Å². The molecule has 2 aliphatic heterocycles. The molecular formula is C12H18N2OS3. The van der Waals surface area contributed by atoms with E-state index in [1.165, 1.54) is 10.6 Å². The van der Waals surface area contributed by atoms with Crippen LogP contribution in [0.1, 0.15) is 27.7 Å². The van der Waals surface area contributed by atoms with E-state index in [-0.39, 0.29) is 16.5 Å². The molecule has 0 saturated carbocycles. The lowest BCUT2D eigenvalue weighted by atomic mass is 10.3. The van der Waals surface area contributed by atoms with Crippen LogP contribution in [0.3, 0.4) is 0 Å². The molecule has 2 aliphatic rings. The maximum Gasteiger partial charge on any atom is 0.244 e. The summed E-state index contributed by atoms with van der Waals surface area (Å²) in [4.78, 5) is 17.7. The molecule has 0 aromatic heterocycles. The van der Waals surface area contributed by atoms with Crippen molar-refractivity contribution in [1.29, 1.82) is 0 Å². The van der Waals surface area contributed by atoms with Gasteiger partial charge < -0.3 is 4.90 Å². The van der Waals surface area contributed by atoms with Crippen LogP contribution >= 0.6 is 35.7 Å². The highest BCUT2D eigenvalue weighted by Gasteiger charge is 2.45. The molecule has 0 spiro atoms. The van der Waals surface area contributed by atoms with E-state index in [0.29, 0.717) is 6.54 Å². The maximum absolute atomic E-state index is 12.4. The minimum absolute atomic E-state index is 0.0604. The van der Waals surface area contributed by atoms with Crippen molar-refractivity contribution in [3.8, 4) is 0 Å². The predicted molar refractivity (Wildman–Crippen MR) is 83.5 cm³/mol. The second-order valence-corrected chi connectivity index (χ2v) is 7.43. The number of carbonyl (C=O) groups excluding carboxylic acids is 1. The van der Waals surface area contributed by atoms with Crippen LogP contribution in [0.5, 0.6) is 0 Å². The monoisotopic (exact) mass is 302 g/mol. The number of rotatable bonds is 3. The highest BCUT2D eigenvalue weighted by Crippen LogP contribution is 2.44. The Labute approximate surface area is 122 Å². The molecule has 100 valence electrons. The average Bonchev–Trinajstić information content (AvgIpc) is 2.78. The molecule has 1 amide bonds. The summed E-state index contributed by atoms with van der Waals surface area (Å²) in [6, 6.07) is 0. The Morgan fingerprint density at radius 1 is 1.22 bits per heavy atom. The number of carbonyl (C=O) groups is 1.